The summed E-state index contributed by atoms with van der Waals surface area (Å²) in [7, 11) is 0. The molecule has 0 aliphatic rings. The standard InChI is InChI=1S/C61H41NO2/c1-40-16-18-41(19-17-40)44-28-34-49(35-29-44)62(50-36-30-45(31-37-50)42-20-24-47(25-21-42)52-10-6-12-56-54-8-2-4-14-58(54)63-60(52)56)51-38-32-46(33-39-51)43-22-26-48(27-23-43)53-11-7-13-57-55-9-3-5-15-59(55)64-61(53)57/h2-39H,1H3. The number of hydrogen-bond acceptors (Lipinski definition) is 3. The Hall–Kier alpha value is -8.40. The summed E-state index contributed by atoms with van der Waals surface area (Å²) in [5.74, 6) is 0. The largest absolute Gasteiger partial charge is 0.455 e. The lowest BCUT2D eigenvalue weighted by atomic mass is 9.98. The average Bonchev–Trinajstić information content (AvgIpc) is 3.94. The highest BCUT2D eigenvalue weighted by Crippen LogP contribution is 2.41. The van der Waals surface area contributed by atoms with Crippen molar-refractivity contribution >= 4 is 60.9 Å². The quantitative estimate of drug-likeness (QED) is 0.153. The second-order valence-electron chi connectivity index (χ2n) is 16.6. The maximum absolute atomic E-state index is 6.36. The summed E-state index contributed by atoms with van der Waals surface area (Å²) in [5, 5.41) is 4.56. The number of fused-ring (bicyclic) bond motifs is 6. The Balaban J connectivity index is 0.849. The molecule has 0 atom stereocenters. The normalized spacial score (nSPS) is 11.5. The Morgan fingerprint density at radius 2 is 0.562 bits per heavy atom. The molecule has 0 saturated carbocycles. The van der Waals surface area contributed by atoms with Crippen molar-refractivity contribution < 1.29 is 8.83 Å². The third-order valence-corrected chi connectivity index (χ3v) is 12.6. The summed E-state index contributed by atoms with van der Waals surface area (Å²) in [6.07, 6.45) is 0. The highest BCUT2D eigenvalue weighted by molar-refractivity contribution is 6.10. The van der Waals surface area contributed by atoms with Crippen LogP contribution in [0.5, 0.6) is 0 Å². The fourth-order valence-corrected chi connectivity index (χ4v) is 9.24. The van der Waals surface area contributed by atoms with Crippen LogP contribution >= 0.6 is 0 Å². The van der Waals surface area contributed by atoms with Crippen molar-refractivity contribution in [2.45, 2.75) is 6.92 Å². The lowest BCUT2D eigenvalue weighted by molar-refractivity contribution is 0.669. The summed E-state index contributed by atoms with van der Waals surface area (Å²) in [6, 6.07) is 82.3. The fraction of sp³-hybridized carbons (Fsp3) is 0.0164. The van der Waals surface area contributed by atoms with Crippen molar-refractivity contribution in [2.24, 2.45) is 0 Å². The molecule has 2 aromatic heterocycles. The molecule has 0 aliphatic carbocycles. The minimum atomic E-state index is 0.911. The van der Waals surface area contributed by atoms with Crippen LogP contribution in [0.2, 0.25) is 0 Å². The SMILES string of the molecule is Cc1ccc(-c2ccc(N(c3ccc(-c4ccc(-c5cccc6c5oc5ccccc56)cc4)cc3)c3ccc(-c4ccc(-c5cccc6c5oc5ccccc56)cc4)cc3)cc2)cc1. The zero-order chi connectivity index (χ0) is 42.6. The molecule has 302 valence electrons. The van der Waals surface area contributed by atoms with E-state index < -0.39 is 0 Å². The van der Waals surface area contributed by atoms with E-state index >= 15 is 0 Å². The third-order valence-electron chi connectivity index (χ3n) is 12.6. The van der Waals surface area contributed by atoms with Crippen LogP contribution in [0.1, 0.15) is 5.56 Å². The van der Waals surface area contributed by atoms with E-state index in [-0.39, 0.29) is 0 Å². The molecule has 3 nitrogen and oxygen atoms in total. The zero-order valence-electron chi connectivity index (χ0n) is 35.2. The third kappa shape index (κ3) is 6.63. The van der Waals surface area contributed by atoms with Crippen LogP contribution in [0.4, 0.5) is 17.1 Å². The van der Waals surface area contributed by atoms with Gasteiger partial charge in [-0.05, 0) is 100.0 Å². The predicted molar refractivity (Wildman–Crippen MR) is 268 cm³/mol. The van der Waals surface area contributed by atoms with Gasteiger partial charge in [-0.3, -0.25) is 0 Å². The average molecular weight is 820 g/mol. The highest BCUT2D eigenvalue weighted by Gasteiger charge is 2.16. The van der Waals surface area contributed by atoms with Gasteiger partial charge in [0.1, 0.15) is 22.3 Å². The molecule has 0 aliphatic heterocycles. The van der Waals surface area contributed by atoms with Crippen molar-refractivity contribution in [3.8, 4) is 55.6 Å². The smallest absolute Gasteiger partial charge is 0.143 e. The predicted octanol–water partition coefficient (Wildman–Crippen LogP) is 17.6. The van der Waals surface area contributed by atoms with Crippen molar-refractivity contribution in [2.75, 3.05) is 4.90 Å². The van der Waals surface area contributed by atoms with Gasteiger partial charge in [-0.15, -0.1) is 0 Å². The van der Waals surface area contributed by atoms with Crippen molar-refractivity contribution in [3.05, 3.63) is 236 Å². The lowest BCUT2D eigenvalue weighted by Crippen LogP contribution is -2.09. The summed E-state index contributed by atoms with van der Waals surface area (Å²) >= 11 is 0. The summed E-state index contributed by atoms with van der Waals surface area (Å²) < 4.78 is 12.7. The van der Waals surface area contributed by atoms with E-state index in [2.05, 4.69) is 218 Å². The van der Waals surface area contributed by atoms with E-state index in [4.69, 9.17) is 8.83 Å². The molecule has 0 radical (unpaired) electrons. The molecule has 2 heterocycles. The molecule has 64 heavy (non-hydrogen) atoms. The molecule has 0 saturated heterocycles. The van der Waals surface area contributed by atoms with E-state index in [1.807, 2.05) is 24.3 Å². The fourth-order valence-electron chi connectivity index (χ4n) is 9.24. The van der Waals surface area contributed by atoms with Gasteiger partial charge < -0.3 is 13.7 Å². The highest BCUT2D eigenvalue weighted by atomic mass is 16.3. The van der Waals surface area contributed by atoms with Crippen LogP contribution in [-0.4, -0.2) is 0 Å². The number of nitrogens with zero attached hydrogens (tertiary/aromatic N) is 1. The number of anilines is 3. The van der Waals surface area contributed by atoms with Gasteiger partial charge in [0.05, 0.1) is 0 Å². The van der Waals surface area contributed by atoms with Gasteiger partial charge in [0, 0.05) is 49.7 Å². The zero-order valence-corrected chi connectivity index (χ0v) is 35.2. The second-order valence-corrected chi connectivity index (χ2v) is 16.6. The number of hydrogen-bond donors (Lipinski definition) is 0. The maximum Gasteiger partial charge on any atom is 0.143 e. The van der Waals surface area contributed by atoms with Gasteiger partial charge in [0.25, 0.3) is 0 Å². The van der Waals surface area contributed by atoms with Crippen LogP contribution < -0.4 is 4.90 Å². The van der Waals surface area contributed by atoms with E-state index in [0.717, 1.165) is 105 Å². The second kappa shape index (κ2) is 15.5. The number of furan rings is 2. The summed E-state index contributed by atoms with van der Waals surface area (Å²) in [5.41, 5.74) is 19.6. The Kier molecular flexibility index (Phi) is 9.05. The Bertz CT molecular complexity index is 3410. The molecule has 0 fully saturated rings. The van der Waals surface area contributed by atoms with Gasteiger partial charge in [-0.25, -0.2) is 0 Å². The van der Waals surface area contributed by atoms with Gasteiger partial charge in [-0.1, -0.05) is 188 Å². The molecule has 0 bridgehead atoms. The molecule has 0 amide bonds. The molecule has 10 aromatic carbocycles. The molecule has 0 unspecified atom stereocenters. The minimum absolute atomic E-state index is 0.911. The van der Waals surface area contributed by atoms with Crippen LogP contribution in [0.15, 0.2) is 239 Å². The first kappa shape index (κ1) is 37.4. The first-order chi connectivity index (χ1) is 31.6. The van der Waals surface area contributed by atoms with Gasteiger partial charge in [0.15, 0.2) is 0 Å². The van der Waals surface area contributed by atoms with Gasteiger partial charge in [-0.2, -0.15) is 0 Å². The Morgan fingerprint density at radius 1 is 0.266 bits per heavy atom. The van der Waals surface area contributed by atoms with E-state index in [9.17, 15) is 0 Å². The van der Waals surface area contributed by atoms with Crippen molar-refractivity contribution in [1.29, 1.82) is 0 Å². The Morgan fingerprint density at radius 3 is 0.938 bits per heavy atom. The molecule has 12 aromatic rings. The maximum atomic E-state index is 6.36. The van der Waals surface area contributed by atoms with E-state index in [1.165, 1.54) is 16.7 Å². The van der Waals surface area contributed by atoms with Crippen LogP contribution in [0.25, 0.3) is 99.5 Å². The van der Waals surface area contributed by atoms with Crippen molar-refractivity contribution in [3.63, 3.8) is 0 Å². The number of rotatable bonds is 8. The molecule has 12 rings (SSSR count). The molecule has 3 heteroatoms. The van der Waals surface area contributed by atoms with E-state index in [1.54, 1.807) is 0 Å². The lowest BCUT2D eigenvalue weighted by Gasteiger charge is -2.26. The minimum Gasteiger partial charge on any atom is -0.455 e. The van der Waals surface area contributed by atoms with Crippen LogP contribution in [0.3, 0.4) is 0 Å². The molecular weight excluding hydrogens is 779 g/mol. The van der Waals surface area contributed by atoms with Crippen molar-refractivity contribution in [1.82, 2.24) is 0 Å². The van der Waals surface area contributed by atoms with Gasteiger partial charge >= 0.3 is 0 Å². The first-order valence-corrected chi connectivity index (χ1v) is 21.8. The number of benzene rings is 10. The first-order valence-electron chi connectivity index (χ1n) is 21.8. The topological polar surface area (TPSA) is 29.5 Å². The van der Waals surface area contributed by atoms with Crippen LogP contribution in [0, 0.1) is 6.92 Å². The van der Waals surface area contributed by atoms with E-state index in [0.29, 0.717) is 0 Å². The molecule has 0 spiro atoms. The molecule has 0 N–H and O–H groups in total. The monoisotopic (exact) mass is 819 g/mol. The summed E-state index contributed by atoms with van der Waals surface area (Å²) in [4.78, 5) is 2.33. The van der Waals surface area contributed by atoms with Crippen LogP contribution in [-0.2, 0) is 0 Å². The summed E-state index contributed by atoms with van der Waals surface area (Å²) in [6.45, 7) is 2.12. The number of para-hydroxylation sites is 4. The number of aryl methyl sites for hydroxylation is 1. The van der Waals surface area contributed by atoms with Gasteiger partial charge in [0.2, 0.25) is 0 Å². The molecular formula is C61H41NO2. The Labute approximate surface area is 371 Å².